The van der Waals surface area contributed by atoms with E-state index in [0.717, 1.165) is 19.3 Å². The van der Waals surface area contributed by atoms with Gasteiger partial charge in [-0.15, -0.1) is 0 Å². The molecule has 0 radical (unpaired) electrons. The maximum Gasteiger partial charge on any atom is 0.0502 e. The molecule has 0 spiro atoms. The number of rotatable bonds is 3. The van der Waals surface area contributed by atoms with Crippen LogP contribution in [0.5, 0.6) is 0 Å². The third kappa shape index (κ3) is 2.42. The van der Waals surface area contributed by atoms with E-state index in [9.17, 15) is 0 Å². The molecule has 1 saturated heterocycles. The summed E-state index contributed by atoms with van der Waals surface area (Å²) in [4.78, 5) is 2.46. The molecule has 13 heavy (non-hydrogen) atoms. The van der Waals surface area contributed by atoms with Gasteiger partial charge in [-0.1, -0.05) is 0 Å². The molecule has 0 unspecified atom stereocenters. The minimum Gasteiger partial charge on any atom is -0.396 e. The lowest BCUT2D eigenvalue weighted by Crippen LogP contribution is -2.53. The van der Waals surface area contributed by atoms with Crippen molar-refractivity contribution in [1.82, 2.24) is 10.2 Å². The minimum atomic E-state index is 0.401. The third-order valence-electron chi connectivity index (χ3n) is 3.41. The Morgan fingerprint density at radius 1 is 1.08 bits per heavy atom. The van der Waals surface area contributed by atoms with E-state index in [1.807, 2.05) is 0 Å². The Bertz CT molecular complexity index is 151. The summed E-state index contributed by atoms with van der Waals surface area (Å²) in [5.41, 5.74) is 0. The minimum absolute atomic E-state index is 0.401. The average molecular weight is 184 g/mol. The van der Waals surface area contributed by atoms with E-state index in [-0.39, 0.29) is 0 Å². The van der Waals surface area contributed by atoms with Crippen molar-refractivity contribution in [3.05, 3.63) is 0 Å². The zero-order chi connectivity index (χ0) is 9.10. The van der Waals surface area contributed by atoms with Crippen LogP contribution in [0.25, 0.3) is 0 Å². The number of aliphatic hydroxyl groups is 1. The zero-order valence-corrected chi connectivity index (χ0v) is 8.21. The SMILES string of the molecule is OCC1CCC(CN2CNC2)CC1. The van der Waals surface area contributed by atoms with Crippen molar-refractivity contribution in [2.75, 3.05) is 26.5 Å². The lowest BCUT2D eigenvalue weighted by molar-refractivity contribution is 0.0877. The zero-order valence-electron chi connectivity index (χ0n) is 8.21. The van der Waals surface area contributed by atoms with E-state index in [4.69, 9.17) is 5.11 Å². The molecule has 2 fully saturated rings. The summed E-state index contributed by atoms with van der Waals surface area (Å²) in [6.07, 6.45) is 5.12. The highest BCUT2D eigenvalue weighted by Crippen LogP contribution is 2.29. The van der Waals surface area contributed by atoms with E-state index in [0.29, 0.717) is 12.5 Å². The van der Waals surface area contributed by atoms with Crippen LogP contribution >= 0.6 is 0 Å². The summed E-state index contributed by atoms with van der Waals surface area (Å²) in [5, 5.41) is 12.3. The maximum atomic E-state index is 9.00. The van der Waals surface area contributed by atoms with E-state index in [2.05, 4.69) is 10.2 Å². The Morgan fingerprint density at radius 3 is 2.15 bits per heavy atom. The van der Waals surface area contributed by atoms with Crippen molar-refractivity contribution in [2.24, 2.45) is 11.8 Å². The van der Waals surface area contributed by atoms with Crippen LogP contribution in [0.2, 0.25) is 0 Å². The first kappa shape index (κ1) is 9.44. The highest BCUT2D eigenvalue weighted by molar-refractivity contribution is 4.76. The Hall–Kier alpha value is -0.120. The molecule has 1 saturated carbocycles. The summed E-state index contributed by atoms with van der Waals surface area (Å²) in [6, 6.07) is 0. The Labute approximate surface area is 80.1 Å². The lowest BCUT2D eigenvalue weighted by atomic mass is 9.82. The second-order valence-electron chi connectivity index (χ2n) is 4.49. The van der Waals surface area contributed by atoms with Gasteiger partial charge in [0.1, 0.15) is 0 Å². The number of aliphatic hydroxyl groups excluding tert-OH is 1. The lowest BCUT2D eigenvalue weighted by Gasteiger charge is -2.37. The van der Waals surface area contributed by atoms with E-state index in [1.54, 1.807) is 0 Å². The molecule has 2 rings (SSSR count). The van der Waals surface area contributed by atoms with Crippen molar-refractivity contribution in [1.29, 1.82) is 0 Å². The van der Waals surface area contributed by atoms with Crippen molar-refractivity contribution in [2.45, 2.75) is 25.7 Å². The largest absolute Gasteiger partial charge is 0.396 e. The molecule has 1 aliphatic heterocycles. The van der Waals surface area contributed by atoms with Crippen LogP contribution in [0.4, 0.5) is 0 Å². The first-order valence-electron chi connectivity index (χ1n) is 5.42. The molecule has 2 N–H and O–H groups in total. The smallest absolute Gasteiger partial charge is 0.0502 e. The molecule has 0 aromatic rings. The Kier molecular flexibility index (Phi) is 3.19. The molecule has 3 nitrogen and oxygen atoms in total. The average Bonchev–Trinajstić information content (AvgIpc) is 2.12. The molecule has 0 aromatic carbocycles. The highest BCUT2D eigenvalue weighted by atomic mass is 16.3. The molecular weight excluding hydrogens is 164 g/mol. The van der Waals surface area contributed by atoms with E-state index >= 15 is 0 Å². The molecule has 1 aliphatic carbocycles. The molecule has 76 valence electrons. The molecule has 2 aliphatic rings. The van der Waals surface area contributed by atoms with Gasteiger partial charge in [-0.25, -0.2) is 0 Å². The molecule has 3 heteroatoms. The van der Waals surface area contributed by atoms with Crippen LogP contribution in [-0.4, -0.2) is 36.5 Å². The first-order chi connectivity index (χ1) is 6.38. The van der Waals surface area contributed by atoms with Gasteiger partial charge >= 0.3 is 0 Å². The summed E-state index contributed by atoms with van der Waals surface area (Å²) in [7, 11) is 0. The monoisotopic (exact) mass is 184 g/mol. The van der Waals surface area contributed by atoms with Crippen molar-refractivity contribution < 1.29 is 5.11 Å². The second kappa shape index (κ2) is 4.40. The highest BCUT2D eigenvalue weighted by Gasteiger charge is 2.24. The van der Waals surface area contributed by atoms with Crippen LogP contribution in [-0.2, 0) is 0 Å². The van der Waals surface area contributed by atoms with Crippen LogP contribution in [0, 0.1) is 11.8 Å². The summed E-state index contributed by atoms with van der Waals surface area (Å²) in [5.74, 6) is 1.50. The van der Waals surface area contributed by atoms with Gasteiger partial charge in [0.05, 0.1) is 13.3 Å². The van der Waals surface area contributed by atoms with Gasteiger partial charge in [-0.3, -0.25) is 10.2 Å². The number of nitrogens with one attached hydrogen (secondary N) is 1. The quantitative estimate of drug-likeness (QED) is 0.674. The number of hydrogen-bond acceptors (Lipinski definition) is 3. The topological polar surface area (TPSA) is 35.5 Å². The molecule has 0 aromatic heterocycles. The standard InChI is InChI=1S/C10H20N2O/c13-6-10-3-1-9(2-4-10)5-12-7-11-8-12/h9-11,13H,1-8H2. The van der Waals surface area contributed by atoms with E-state index < -0.39 is 0 Å². The Morgan fingerprint density at radius 2 is 1.69 bits per heavy atom. The summed E-state index contributed by atoms with van der Waals surface area (Å²) < 4.78 is 0. The molecule has 0 amide bonds. The predicted octanol–water partition coefficient (Wildman–Crippen LogP) is 0.605. The van der Waals surface area contributed by atoms with Gasteiger partial charge in [0.25, 0.3) is 0 Å². The predicted molar refractivity (Wildman–Crippen MR) is 52.1 cm³/mol. The number of nitrogens with zero attached hydrogens (tertiary/aromatic N) is 1. The van der Waals surface area contributed by atoms with Gasteiger partial charge in [-0.2, -0.15) is 0 Å². The fourth-order valence-electron chi connectivity index (χ4n) is 2.36. The van der Waals surface area contributed by atoms with Crippen molar-refractivity contribution in [3.63, 3.8) is 0 Å². The summed E-state index contributed by atoms with van der Waals surface area (Å²) >= 11 is 0. The van der Waals surface area contributed by atoms with Crippen LogP contribution < -0.4 is 5.32 Å². The molecular formula is C10H20N2O. The fourth-order valence-corrected chi connectivity index (χ4v) is 2.36. The normalized spacial score (nSPS) is 35.8. The van der Waals surface area contributed by atoms with Crippen LogP contribution in [0.1, 0.15) is 25.7 Å². The van der Waals surface area contributed by atoms with Gasteiger partial charge in [-0.05, 0) is 37.5 Å². The van der Waals surface area contributed by atoms with Crippen molar-refractivity contribution in [3.8, 4) is 0 Å². The van der Waals surface area contributed by atoms with Crippen molar-refractivity contribution >= 4 is 0 Å². The first-order valence-corrected chi connectivity index (χ1v) is 5.42. The Balaban J connectivity index is 1.65. The number of hydrogen-bond donors (Lipinski definition) is 2. The third-order valence-corrected chi connectivity index (χ3v) is 3.41. The summed E-state index contributed by atoms with van der Waals surface area (Å²) in [6.45, 7) is 3.84. The fraction of sp³-hybridized carbons (Fsp3) is 1.00. The van der Waals surface area contributed by atoms with Gasteiger partial charge in [0.15, 0.2) is 0 Å². The van der Waals surface area contributed by atoms with Gasteiger partial charge in [0.2, 0.25) is 0 Å². The van der Waals surface area contributed by atoms with Crippen LogP contribution in [0.3, 0.4) is 0 Å². The van der Waals surface area contributed by atoms with E-state index in [1.165, 1.54) is 32.2 Å². The van der Waals surface area contributed by atoms with Gasteiger partial charge in [0, 0.05) is 13.2 Å². The molecule has 1 heterocycles. The van der Waals surface area contributed by atoms with Crippen LogP contribution in [0.15, 0.2) is 0 Å². The second-order valence-corrected chi connectivity index (χ2v) is 4.49. The van der Waals surface area contributed by atoms with Gasteiger partial charge < -0.3 is 5.11 Å². The molecule has 0 atom stereocenters. The molecule has 0 bridgehead atoms. The maximum absolute atomic E-state index is 9.00.